The van der Waals surface area contributed by atoms with Gasteiger partial charge in [0, 0.05) is 5.56 Å². The van der Waals surface area contributed by atoms with Gasteiger partial charge in [0.2, 0.25) is 5.78 Å². The molecule has 114 valence electrons. The van der Waals surface area contributed by atoms with Gasteiger partial charge in [-0.1, -0.05) is 90.5 Å². The summed E-state index contributed by atoms with van der Waals surface area (Å²) in [5, 5.41) is 11.5. The summed E-state index contributed by atoms with van der Waals surface area (Å²) >= 11 is 0. The molecule has 0 aromatic heterocycles. The molecule has 1 atom stereocenters. The number of hydrogen-bond acceptors (Lipinski definition) is 2. The summed E-state index contributed by atoms with van der Waals surface area (Å²) in [4.78, 5) is 13.1. The average Bonchev–Trinajstić information content (AvgIpc) is 2.62. The van der Waals surface area contributed by atoms with Crippen LogP contribution in [-0.4, -0.2) is 10.9 Å². The standard InChI is InChI=1S/C21H18O2/c1-16-9-8-14-19(15-16)21(23,18-12-6-3-7-13-18)20(22)17-10-4-2-5-11-17/h2-15,23H,1H3. The Labute approximate surface area is 136 Å². The SMILES string of the molecule is Cc1cccc(C(O)(C(=O)c2ccccc2)c2ccccc2)c1. The minimum atomic E-state index is -1.70. The molecule has 2 heteroatoms. The Kier molecular flexibility index (Phi) is 4.09. The van der Waals surface area contributed by atoms with E-state index in [9.17, 15) is 9.90 Å². The summed E-state index contributed by atoms with van der Waals surface area (Å²) in [6.45, 7) is 1.95. The molecule has 0 aliphatic carbocycles. The predicted octanol–water partition coefficient (Wildman–Crippen LogP) is 4.11. The molecule has 0 bridgehead atoms. The molecule has 0 saturated carbocycles. The highest BCUT2D eigenvalue weighted by Gasteiger charge is 2.40. The number of aliphatic hydroxyl groups is 1. The number of carbonyl (C=O) groups is 1. The van der Waals surface area contributed by atoms with Crippen molar-refractivity contribution in [1.29, 1.82) is 0 Å². The van der Waals surface area contributed by atoms with Gasteiger partial charge in [0.25, 0.3) is 0 Å². The highest BCUT2D eigenvalue weighted by atomic mass is 16.3. The molecule has 2 nitrogen and oxygen atoms in total. The summed E-state index contributed by atoms with van der Waals surface area (Å²) in [5.74, 6) is -0.324. The first-order valence-corrected chi connectivity index (χ1v) is 7.57. The third-order valence-corrected chi connectivity index (χ3v) is 3.99. The summed E-state index contributed by atoms with van der Waals surface area (Å²) in [6.07, 6.45) is 0. The number of ketones is 1. The molecule has 0 aliphatic rings. The minimum absolute atomic E-state index is 0.324. The zero-order valence-electron chi connectivity index (χ0n) is 12.9. The first-order valence-electron chi connectivity index (χ1n) is 7.57. The molecule has 23 heavy (non-hydrogen) atoms. The Morgan fingerprint density at radius 2 is 1.35 bits per heavy atom. The van der Waals surface area contributed by atoms with Crippen LogP contribution < -0.4 is 0 Å². The first-order chi connectivity index (χ1) is 11.1. The molecule has 0 aliphatic heterocycles. The van der Waals surface area contributed by atoms with Gasteiger partial charge in [0.05, 0.1) is 0 Å². The van der Waals surface area contributed by atoms with Crippen molar-refractivity contribution in [2.75, 3.05) is 0 Å². The fourth-order valence-electron chi connectivity index (χ4n) is 2.78. The molecule has 0 spiro atoms. The van der Waals surface area contributed by atoms with Crippen LogP contribution in [0.5, 0.6) is 0 Å². The van der Waals surface area contributed by atoms with Gasteiger partial charge in [-0.2, -0.15) is 0 Å². The molecule has 1 N–H and O–H groups in total. The Bertz CT molecular complexity index is 810. The topological polar surface area (TPSA) is 37.3 Å². The minimum Gasteiger partial charge on any atom is -0.373 e. The predicted molar refractivity (Wildman–Crippen MR) is 91.4 cm³/mol. The van der Waals surface area contributed by atoms with Crippen LogP contribution in [-0.2, 0) is 5.60 Å². The average molecular weight is 302 g/mol. The Morgan fingerprint density at radius 1 is 0.783 bits per heavy atom. The van der Waals surface area contributed by atoms with E-state index in [1.54, 1.807) is 42.5 Å². The van der Waals surface area contributed by atoms with Gasteiger partial charge in [-0.05, 0) is 18.1 Å². The van der Waals surface area contributed by atoms with Crippen molar-refractivity contribution < 1.29 is 9.90 Å². The largest absolute Gasteiger partial charge is 0.373 e. The highest BCUT2D eigenvalue weighted by molar-refractivity contribution is 6.05. The second-order valence-corrected chi connectivity index (χ2v) is 5.64. The molecule has 0 fully saturated rings. The smallest absolute Gasteiger partial charge is 0.203 e. The normalized spacial score (nSPS) is 13.3. The highest BCUT2D eigenvalue weighted by Crippen LogP contribution is 2.33. The van der Waals surface area contributed by atoms with E-state index in [0.29, 0.717) is 16.7 Å². The first kappa shape index (κ1) is 15.2. The third-order valence-electron chi connectivity index (χ3n) is 3.99. The molecule has 0 amide bonds. The second-order valence-electron chi connectivity index (χ2n) is 5.64. The van der Waals surface area contributed by atoms with E-state index in [2.05, 4.69) is 0 Å². The van der Waals surface area contributed by atoms with Crippen molar-refractivity contribution >= 4 is 5.78 Å². The van der Waals surface area contributed by atoms with E-state index in [-0.39, 0.29) is 5.78 Å². The molecule has 1 unspecified atom stereocenters. The number of aryl methyl sites for hydroxylation is 1. The van der Waals surface area contributed by atoms with Crippen molar-refractivity contribution in [2.45, 2.75) is 12.5 Å². The maximum absolute atomic E-state index is 13.1. The number of benzene rings is 3. The van der Waals surface area contributed by atoms with E-state index in [1.807, 2.05) is 49.4 Å². The molecule has 0 heterocycles. The lowest BCUT2D eigenvalue weighted by Gasteiger charge is -2.28. The van der Waals surface area contributed by atoms with Crippen LogP contribution in [0.4, 0.5) is 0 Å². The Balaban J connectivity index is 2.21. The number of rotatable bonds is 4. The molecular weight excluding hydrogens is 284 g/mol. The van der Waals surface area contributed by atoms with Crippen LogP contribution >= 0.6 is 0 Å². The fraction of sp³-hybridized carbons (Fsp3) is 0.0952. The van der Waals surface area contributed by atoms with Gasteiger partial charge >= 0.3 is 0 Å². The maximum atomic E-state index is 13.1. The van der Waals surface area contributed by atoms with Gasteiger partial charge in [0.15, 0.2) is 5.60 Å². The lowest BCUT2D eigenvalue weighted by Crippen LogP contribution is -2.37. The third kappa shape index (κ3) is 2.81. The zero-order valence-corrected chi connectivity index (χ0v) is 12.9. The van der Waals surface area contributed by atoms with Crippen molar-refractivity contribution in [3.63, 3.8) is 0 Å². The van der Waals surface area contributed by atoms with Gasteiger partial charge in [0.1, 0.15) is 0 Å². The van der Waals surface area contributed by atoms with Crippen molar-refractivity contribution in [1.82, 2.24) is 0 Å². The Hall–Kier alpha value is -2.71. The lowest BCUT2D eigenvalue weighted by molar-refractivity contribution is 0.0487. The number of hydrogen-bond donors (Lipinski definition) is 1. The van der Waals surface area contributed by atoms with E-state index in [1.165, 1.54) is 0 Å². The molecule has 0 saturated heterocycles. The van der Waals surface area contributed by atoms with Crippen molar-refractivity contribution in [3.05, 3.63) is 107 Å². The van der Waals surface area contributed by atoms with E-state index >= 15 is 0 Å². The van der Waals surface area contributed by atoms with Crippen LogP contribution in [0, 0.1) is 6.92 Å². The van der Waals surface area contributed by atoms with Crippen molar-refractivity contribution in [2.24, 2.45) is 0 Å². The van der Waals surface area contributed by atoms with Crippen LogP contribution in [0.1, 0.15) is 27.0 Å². The van der Waals surface area contributed by atoms with Crippen LogP contribution in [0.3, 0.4) is 0 Å². The van der Waals surface area contributed by atoms with Crippen LogP contribution in [0.2, 0.25) is 0 Å². The summed E-state index contributed by atoms with van der Waals surface area (Å²) in [7, 11) is 0. The quantitative estimate of drug-likeness (QED) is 0.736. The summed E-state index contributed by atoms with van der Waals surface area (Å²) in [6, 6.07) is 25.4. The van der Waals surface area contributed by atoms with Gasteiger partial charge in [-0.25, -0.2) is 0 Å². The second kappa shape index (κ2) is 6.19. The van der Waals surface area contributed by atoms with Gasteiger partial charge in [-0.15, -0.1) is 0 Å². The lowest BCUT2D eigenvalue weighted by atomic mass is 9.80. The summed E-state index contributed by atoms with van der Waals surface area (Å²) in [5.41, 5.74) is 0.935. The zero-order chi connectivity index (χ0) is 16.3. The van der Waals surface area contributed by atoms with E-state index in [4.69, 9.17) is 0 Å². The van der Waals surface area contributed by atoms with Crippen LogP contribution in [0.15, 0.2) is 84.9 Å². The number of Topliss-reactive ketones (excluding diaryl/α,β-unsaturated/α-hetero) is 1. The van der Waals surface area contributed by atoms with Gasteiger partial charge < -0.3 is 5.11 Å². The van der Waals surface area contributed by atoms with Gasteiger partial charge in [-0.3, -0.25) is 4.79 Å². The monoisotopic (exact) mass is 302 g/mol. The molecule has 3 aromatic carbocycles. The Morgan fingerprint density at radius 3 is 1.96 bits per heavy atom. The molecular formula is C21H18O2. The van der Waals surface area contributed by atoms with Crippen LogP contribution in [0.25, 0.3) is 0 Å². The van der Waals surface area contributed by atoms with Crippen molar-refractivity contribution in [3.8, 4) is 0 Å². The van der Waals surface area contributed by atoms with E-state index < -0.39 is 5.60 Å². The summed E-state index contributed by atoms with van der Waals surface area (Å²) < 4.78 is 0. The number of carbonyl (C=O) groups excluding carboxylic acids is 1. The molecule has 0 radical (unpaired) electrons. The molecule has 3 rings (SSSR count). The molecule has 3 aromatic rings. The fourth-order valence-corrected chi connectivity index (χ4v) is 2.78. The maximum Gasteiger partial charge on any atom is 0.203 e. The van der Waals surface area contributed by atoms with E-state index in [0.717, 1.165) is 5.56 Å².